The Morgan fingerprint density at radius 3 is 1.69 bits per heavy atom. The van der Waals surface area contributed by atoms with Crippen molar-refractivity contribution >= 4 is 33.8 Å². The Morgan fingerprint density at radius 2 is 1.09 bits per heavy atom. The number of rotatable bonds is 3. The van der Waals surface area contributed by atoms with Crippen molar-refractivity contribution in [3.05, 3.63) is 132 Å². The molecular formula is C32H23NO2. The van der Waals surface area contributed by atoms with Gasteiger partial charge >= 0.3 is 0 Å². The van der Waals surface area contributed by atoms with E-state index in [1.54, 1.807) is 0 Å². The molecule has 1 saturated heterocycles. The molecule has 3 nitrogen and oxygen atoms in total. The molecular weight excluding hydrogens is 430 g/mol. The second kappa shape index (κ2) is 7.64. The van der Waals surface area contributed by atoms with Crippen molar-refractivity contribution in [2.45, 2.75) is 0 Å². The highest BCUT2D eigenvalue weighted by Crippen LogP contribution is 2.59. The number of anilines is 1. The first kappa shape index (κ1) is 20.2. The summed E-state index contributed by atoms with van der Waals surface area (Å²) in [4.78, 5) is 29.3. The van der Waals surface area contributed by atoms with Gasteiger partial charge in [-0.25, -0.2) is 4.90 Å². The Kier molecular flexibility index (Phi) is 4.40. The van der Waals surface area contributed by atoms with Crippen LogP contribution in [0.3, 0.4) is 0 Å². The Hall–Kier alpha value is -4.24. The molecule has 2 aliphatic carbocycles. The number of hydrogen-bond acceptors (Lipinski definition) is 2. The molecule has 1 aliphatic heterocycles. The normalized spacial score (nSPS) is 24.5. The maximum atomic E-state index is 13.9. The summed E-state index contributed by atoms with van der Waals surface area (Å²) in [5.74, 6) is -1.01. The molecule has 168 valence electrons. The van der Waals surface area contributed by atoms with Gasteiger partial charge in [0.2, 0.25) is 11.8 Å². The van der Waals surface area contributed by atoms with Gasteiger partial charge in [-0.05, 0) is 33.7 Å². The second-order valence-corrected chi connectivity index (χ2v) is 9.56. The molecule has 2 fully saturated rings. The number of benzene rings is 4. The third kappa shape index (κ3) is 2.85. The molecule has 35 heavy (non-hydrogen) atoms. The maximum Gasteiger partial charge on any atom is 0.238 e. The Balaban J connectivity index is 1.38. The van der Waals surface area contributed by atoms with Crippen LogP contribution in [0.2, 0.25) is 0 Å². The summed E-state index contributed by atoms with van der Waals surface area (Å²) in [6.45, 7) is 0. The molecule has 2 amide bonds. The van der Waals surface area contributed by atoms with Gasteiger partial charge in [-0.2, -0.15) is 0 Å². The van der Waals surface area contributed by atoms with E-state index in [0.717, 1.165) is 27.5 Å². The second-order valence-electron chi connectivity index (χ2n) is 9.56. The molecule has 4 atom stereocenters. The van der Waals surface area contributed by atoms with E-state index >= 15 is 0 Å². The molecule has 2 bridgehead atoms. The third-order valence-corrected chi connectivity index (χ3v) is 7.84. The SMILES string of the molecule is O=C1[C@H]2[C@H](C(=O)N1c1cccc3ccccc13)[C@@H]1C=C[C@@H]2C1=C(c1ccccc1)c1ccccc1. The summed E-state index contributed by atoms with van der Waals surface area (Å²) in [5, 5.41) is 1.96. The van der Waals surface area contributed by atoms with Crippen molar-refractivity contribution in [1.82, 2.24) is 0 Å². The highest BCUT2D eigenvalue weighted by molar-refractivity contribution is 6.26. The van der Waals surface area contributed by atoms with Gasteiger partial charge in [0.05, 0.1) is 17.5 Å². The number of allylic oxidation sites excluding steroid dienone is 3. The molecule has 3 heteroatoms. The van der Waals surface area contributed by atoms with Gasteiger partial charge in [-0.3, -0.25) is 9.59 Å². The van der Waals surface area contributed by atoms with Crippen LogP contribution in [0.25, 0.3) is 16.3 Å². The summed E-state index contributed by atoms with van der Waals surface area (Å²) in [7, 11) is 0. The van der Waals surface area contributed by atoms with Crippen LogP contribution >= 0.6 is 0 Å². The summed E-state index contributed by atoms with van der Waals surface area (Å²) >= 11 is 0. The lowest BCUT2D eigenvalue weighted by atomic mass is 9.85. The van der Waals surface area contributed by atoms with Crippen LogP contribution in [0, 0.1) is 23.7 Å². The van der Waals surface area contributed by atoms with Crippen LogP contribution in [0.5, 0.6) is 0 Å². The number of carbonyl (C=O) groups is 2. The summed E-state index contributed by atoms with van der Waals surface area (Å²) in [6, 6.07) is 34.5. The van der Waals surface area contributed by atoms with Gasteiger partial charge in [-0.15, -0.1) is 0 Å². The highest BCUT2D eigenvalue weighted by Gasteiger charge is 2.62. The Bertz CT molecular complexity index is 1470. The molecule has 1 saturated carbocycles. The first-order chi connectivity index (χ1) is 17.2. The Morgan fingerprint density at radius 1 is 0.571 bits per heavy atom. The van der Waals surface area contributed by atoms with Crippen LogP contribution < -0.4 is 4.90 Å². The summed E-state index contributed by atoms with van der Waals surface area (Å²) in [6.07, 6.45) is 4.32. The standard InChI is InChI=1S/C32H23NO2/c34-31-29-24-18-19-25(28(24)27(21-11-3-1-4-12-21)22-13-5-2-6-14-22)30(29)32(35)33(31)26-17-9-15-20-10-7-8-16-23(20)26/h1-19,24-25,29-30H/t24-,25-,29-,30-/m1/s1. The van der Waals surface area contributed by atoms with Crippen LogP contribution in [0.15, 0.2) is 121 Å². The maximum absolute atomic E-state index is 13.9. The van der Waals surface area contributed by atoms with E-state index in [4.69, 9.17) is 0 Å². The van der Waals surface area contributed by atoms with Crippen molar-refractivity contribution in [1.29, 1.82) is 0 Å². The van der Waals surface area contributed by atoms with Crippen LogP contribution in [0.4, 0.5) is 5.69 Å². The highest BCUT2D eigenvalue weighted by atomic mass is 16.2. The van der Waals surface area contributed by atoms with Gasteiger partial charge in [-0.1, -0.05) is 109 Å². The van der Waals surface area contributed by atoms with Crippen molar-refractivity contribution < 1.29 is 9.59 Å². The smallest absolute Gasteiger partial charge is 0.238 e. The number of fused-ring (bicyclic) bond motifs is 6. The predicted molar refractivity (Wildman–Crippen MR) is 138 cm³/mol. The molecule has 0 aromatic heterocycles. The summed E-state index contributed by atoms with van der Waals surface area (Å²) in [5.41, 5.74) is 5.30. The number of imide groups is 1. The number of amides is 2. The minimum Gasteiger partial charge on any atom is -0.274 e. The van der Waals surface area contributed by atoms with Gasteiger partial charge < -0.3 is 0 Å². The average Bonchev–Trinajstić information content (AvgIpc) is 3.54. The van der Waals surface area contributed by atoms with Crippen molar-refractivity contribution in [3.8, 4) is 0 Å². The fraction of sp³-hybridized carbons (Fsp3) is 0.125. The molecule has 7 rings (SSSR count). The van der Waals surface area contributed by atoms with E-state index in [1.165, 1.54) is 10.5 Å². The average molecular weight is 454 g/mol. The van der Waals surface area contributed by atoms with Crippen molar-refractivity contribution in [3.63, 3.8) is 0 Å². The topological polar surface area (TPSA) is 37.4 Å². The monoisotopic (exact) mass is 453 g/mol. The van der Waals surface area contributed by atoms with Crippen molar-refractivity contribution in [2.75, 3.05) is 4.90 Å². The van der Waals surface area contributed by atoms with Crippen LogP contribution in [-0.4, -0.2) is 11.8 Å². The lowest BCUT2D eigenvalue weighted by molar-refractivity contribution is -0.122. The van der Waals surface area contributed by atoms with E-state index in [0.29, 0.717) is 5.69 Å². The lowest BCUT2D eigenvalue weighted by Gasteiger charge is -2.22. The number of nitrogens with zero attached hydrogens (tertiary/aromatic N) is 1. The fourth-order valence-electron chi connectivity index (χ4n) is 6.45. The summed E-state index contributed by atoms with van der Waals surface area (Å²) < 4.78 is 0. The molecule has 0 radical (unpaired) electrons. The predicted octanol–water partition coefficient (Wildman–Crippen LogP) is 6.26. The molecule has 0 spiro atoms. The van der Waals surface area contributed by atoms with E-state index in [2.05, 4.69) is 36.4 Å². The fourth-order valence-corrected chi connectivity index (χ4v) is 6.45. The quantitative estimate of drug-likeness (QED) is 0.271. The molecule has 4 aromatic carbocycles. The number of carbonyl (C=O) groups excluding carboxylic acids is 2. The zero-order chi connectivity index (χ0) is 23.5. The molecule has 0 unspecified atom stereocenters. The first-order valence-electron chi connectivity index (χ1n) is 12.1. The van der Waals surface area contributed by atoms with E-state index in [-0.39, 0.29) is 35.5 Å². The lowest BCUT2D eigenvalue weighted by Crippen LogP contribution is -2.33. The first-order valence-corrected chi connectivity index (χ1v) is 12.1. The minimum absolute atomic E-state index is 0.0724. The van der Waals surface area contributed by atoms with Crippen LogP contribution in [0.1, 0.15) is 11.1 Å². The van der Waals surface area contributed by atoms with Gasteiger partial charge in [0.15, 0.2) is 0 Å². The third-order valence-electron chi connectivity index (χ3n) is 7.84. The molecule has 3 aliphatic rings. The van der Waals surface area contributed by atoms with Crippen LogP contribution in [-0.2, 0) is 9.59 Å². The molecule has 1 heterocycles. The molecule has 4 aromatic rings. The molecule has 0 N–H and O–H groups in total. The van der Waals surface area contributed by atoms with E-state index in [9.17, 15) is 9.59 Å². The van der Waals surface area contributed by atoms with E-state index in [1.807, 2.05) is 78.9 Å². The number of hydrogen-bond donors (Lipinski definition) is 0. The zero-order valence-electron chi connectivity index (χ0n) is 19.0. The van der Waals surface area contributed by atoms with Gasteiger partial charge in [0, 0.05) is 17.2 Å². The minimum atomic E-state index is -0.353. The van der Waals surface area contributed by atoms with Gasteiger partial charge in [0.25, 0.3) is 0 Å². The zero-order valence-corrected chi connectivity index (χ0v) is 19.0. The Labute approximate surface area is 204 Å². The van der Waals surface area contributed by atoms with Crippen molar-refractivity contribution in [2.24, 2.45) is 23.7 Å². The van der Waals surface area contributed by atoms with E-state index < -0.39 is 0 Å². The largest absolute Gasteiger partial charge is 0.274 e. The van der Waals surface area contributed by atoms with Gasteiger partial charge in [0.1, 0.15) is 0 Å².